The van der Waals surface area contributed by atoms with Crippen LogP contribution in [0.5, 0.6) is 0 Å². The van der Waals surface area contributed by atoms with Crippen LogP contribution < -0.4 is 21.7 Å². The maximum absolute atomic E-state index is 11.4. The summed E-state index contributed by atoms with van der Waals surface area (Å²) in [6, 6.07) is 0.202. The highest BCUT2D eigenvalue weighted by Crippen LogP contribution is 2.22. The summed E-state index contributed by atoms with van der Waals surface area (Å²) in [5.74, 6) is 0.613. The second-order valence-corrected chi connectivity index (χ2v) is 8.33. The maximum Gasteiger partial charge on any atom is 0.220 e. The molecule has 0 aromatic carbocycles. The molecule has 31 heavy (non-hydrogen) atoms. The summed E-state index contributed by atoms with van der Waals surface area (Å²) in [5.41, 5.74) is 7.74. The monoisotopic (exact) mass is 430 g/mol. The van der Waals surface area contributed by atoms with Crippen LogP contribution in [-0.2, 0) is 9.53 Å². The highest BCUT2D eigenvalue weighted by molar-refractivity contribution is 6.08. The van der Waals surface area contributed by atoms with Gasteiger partial charge in [0.05, 0.1) is 17.5 Å². The highest BCUT2D eigenvalue weighted by Gasteiger charge is 2.28. The number of nitrogens with one attached hydrogen (secondary N) is 4. The summed E-state index contributed by atoms with van der Waals surface area (Å²) >= 11 is 0. The van der Waals surface area contributed by atoms with Gasteiger partial charge in [0, 0.05) is 50.3 Å². The zero-order chi connectivity index (χ0) is 22.8. The van der Waals surface area contributed by atoms with E-state index in [0.717, 1.165) is 32.5 Å². The number of amides is 1. The predicted octanol–water partition coefficient (Wildman–Crippen LogP) is 0.899. The van der Waals surface area contributed by atoms with Gasteiger partial charge in [-0.2, -0.15) is 0 Å². The quantitative estimate of drug-likeness (QED) is 0.150. The SMILES string of the molecule is C=C(/C=C\CN(C)CCNC)C(=N)/C=C(/N)[C@@H](COC(=C)[C@H]1CNC(=O)C1)NC1CC1. The van der Waals surface area contributed by atoms with Gasteiger partial charge < -0.3 is 36.7 Å². The Bertz CT molecular complexity index is 726. The molecule has 1 saturated carbocycles. The molecule has 1 saturated heterocycles. The maximum atomic E-state index is 11.4. The van der Waals surface area contributed by atoms with Gasteiger partial charge in [0.1, 0.15) is 6.61 Å². The Morgan fingerprint density at radius 1 is 1.45 bits per heavy atom. The van der Waals surface area contributed by atoms with Gasteiger partial charge in [-0.05, 0) is 38.6 Å². The van der Waals surface area contributed by atoms with Crippen molar-refractivity contribution in [2.45, 2.75) is 31.3 Å². The Morgan fingerprint density at radius 3 is 2.81 bits per heavy atom. The summed E-state index contributed by atoms with van der Waals surface area (Å²) in [6.07, 6.45) is 8.13. The van der Waals surface area contributed by atoms with E-state index in [1.165, 1.54) is 0 Å². The molecule has 1 amide bonds. The minimum Gasteiger partial charge on any atom is -0.496 e. The summed E-state index contributed by atoms with van der Waals surface area (Å²) in [7, 11) is 3.98. The van der Waals surface area contributed by atoms with E-state index in [2.05, 4.69) is 34.0 Å². The molecule has 172 valence electrons. The molecule has 2 rings (SSSR count). The lowest BCUT2D eigenvalue weighted by atomic mass is 10.1. The van der Waals surface area contributed by atoms with Crippen LogP contribution in [0.15, 0.2) is 48.4 Å². The van der Waals surface area contributed by atoms with Crippen LogP contribution in [0.2, 0.25) is 0 Å². The second kappa shape index (κ2) is 12.4. The molecule has 2 aliphatic rings. The Hall–Kier alpha value is -2.42. The van der Waals surface area contributed by atoms with Crippen LogP contribution in [0.3, 0.4) is 0 Å². The lowest BCUT2D eigenvalue weighted by molar-refractivity contribution is -0.119. The Kier molecular flexibility index (Phi) is 9.97. The van der Waals surface area contributed by atoms with Crippen molar-refractivity contribution in [3.05, 3.63) is 48.4 Å². The molecule has 0 unspecified atom stereocenters. The van der Waals surface area contributed by atoms with Crippen molar-refractivity contribution in [3.8, 4) is 0 Å². The van der Waals surface area contributed by atoms with Gasteiger partial charge in [-0.25, -0.2) is 0 Å². The van der Waals surface area contributed by atoms with E-state index in [1.54, 1.807) is 6.08 Å². The smallest absolute Gasteiger partial charge is 0.220 e. The van der Waals surface area contributed by atoms with E-state index < -0.39 is 0 Å². The Labute approximate surface area is 186 Å². The topological polar surface area (TPSA) is 116 Å². The van der Waals surface area contributed by atoms with E-state index in [-0.39, 0.29) is 23.6 Å². The second-order valence-electron chi connectivity index (χ2n) is 8.33. The van der Waals surface area contributed by atoms with Crippen LogP contribution in [0.4, 0.5) is 0 Å². The standard InChI is InChI=1S/C23H38N6O2/c1-16(6-5-10-29(4)11-9-26-3)20(24)13-21(25)22(28-19-7-8-19)15-31-17(2)18-12-23(30)27-14-18/h5-6,13,18-19,22,24,26,28H,1-2,7-12,14-15,25H2,3-4H3,(H,27,30)/b6-5-,21-13+,24-20?/t18-,22-/m1/s1. The van der Waals surface area contributed by atoms with Crippen LogP contribution in [0, 0.1) is 11.3 Å². The third kappa shape index (κ3) is 9.08. The number of hydrogen-bond acceptors (Lipinski definition) is 7. The molecule has 1 heterocycles. The molecular weight excluding hydrogens is 392 g/mol. The van der Waals surface area contributed by atoms with Gasteiger partial charge in [-0.3, -0.25) is 4.79 Å². The number of allylic oxidation sites excluding steroid dienone is 3. The molecule has 0 aromatic heterocycles. The van der Waals surface area contributed by atoms with Crippen molar-refractivity contribution in [3.63, 3.8) is 0 Å². The van der Waals surface area contributed by atoms with E-state index in [9.17, 15) is 4.79 Å². The number of nitrogens with two attached hydrogens (primary N) is 1. The minimum absolute atomic E-state index is 0.00580. The number of likely N-dealkylation sites (N-methyl/N-ethyl adjacent to an activating group) is 2. The van der Waals surface area contributed by atoms with Gasteiger partial charge in [0.2, 0.25) is 5.91 Å². The molecule has 1 aliphatic heterocycles. The molecule has 0 aromatic rings. The zero-order valence-electron chi connectivity index (χ0n) is 18.9. The molecule has 8 nitrogen and oxygen atoms in total. The van der Waals surface area contributed by atoms with Gasteiger partial charge >= 0.3 is 0 Å². The van der Waals surface area contributed by atoms with Crippen molar-refractivity contribution in [1.82, 2.24) is 20.9 Å². The molecule has 0 radical (unpaired) electrons. The van der Waals surface area contributed by atoms with Crippen LogP contribution in [0.25, 0.3) is 0 Å². The first kappa shape index (κ1) is 24.8. The van der Waals surface area contributed by atoms with Gasteiger partial charge in [0.15, 0.2) is 0 Å². The summed E-state index contributed by atoms with van der Waals surface area (Å²) in [4.78, 5) is 13.6. The highest BCUT2D eigenvalue weighted by atomic mass is 16.5. The first-order valence-corrected chi connectivity index (χ1v) is 10.9. The third-order valence-corrected chi connectivity index (χ3v) is 5.42. The number of ether oxygens (including phenoxy) is 1. The molecular formula is C23H38N6O2. The number of rotatable bonds is 15. The first-order valence-electron chi connectivity index (χ1n) is 10.9. The predicted molar refractivity (Wildman–Crippen MR) is 126 cm³/mol. The van der Waals surface area contributed by atoms with Crippen molar-refractivity contribution in [2.75, 3.05) is 46.9 Å². The van der Waals surface area contributed by atoms with Crippen LogP contribution >= 0.6 is 0 Å². The van der Waals surface area contributed by atoms with Crippen molar-refractivity contribution < 1.29 is 9.53 Å². The van der Waals surface area contributed by atoms with E-state index >= 15 is 0 Å². The van der Waals surface area contributed by atoms with E-state index in [1.807, 2.05) is 26.2 Å². The number of carbonyl (C=O) groups excluding carboxylic acids is 1. The van der Waals surface area contributed by atoms with Crippen molar-refractivity contribution in [2.24, 2.45) is 11.7 Å². The van der Waals surface area contributed by atoms with E-state index in [4.69, 9.17) is 15.9 Å². The van der Waals surface area contributed by atoms with Crippen molar-refractivity contribution in [1.29, 1.82) is 5.41 Å². The fourth-order valence-electron chi connectivity index (χ4n) is 3.13. The molecule has 0 bridgehead atoms. The lowest BCUT2D eigenvalue weighted by Crippen LogP contribution is -2.40. The molecule has 8 heteroatoms. The molecule has 6 N–H and O–H groups in total. The molecule has 0 spiro atoms. The van der Waals surface area contributed by atoms with Gasteiger partial charge in [-0.15, -0.1) is 0 Å². The first-order chi connectivity index (χ1) is 14.8. The largest absolute Gasteiger partial charge is 0.496 e. The fraction of sp³-hybridized carbons (Fsp3) is 0.565. The zero-order valence-corrected chi connectivity index (χ0v) is 18.9. The average molecular weight is 431 g/mol. The van der Waals surface area contributed by atoms with Crippen LogP contribution in [0.1, 0.15) is 19.3 Å². The lowest BCUT2D eigenvalue weighted by Gasteiger charge is -2.22. The Morgan fingerprint density at radius 2 is 2.19 bits per heavy atom. The number of carbonyl (C=O) groups is 1. The fourth-order valence-corrected chi connectivity index (χ4v) is 3.13. The van der Waals surface area contributed by atoms with Gasteiger partial charge in [0.25, 0.3) is 0 Å². The minimum atomic E-state index is -0.223. The molecule has 2 fully saturated rings. The van der Waals surface area contributed by atoms with E-state index in [0.29, 0.717) is 42.6 Å². The number of hydrogen-bond donors (Lipinski definition) is 5. The summed E-state index contributed by atoms with van der Waals surface area (Å²) in [6.45, 7) is 11.5. The van der Waals surface area contributed by atoms with Crippen LogP contribution in [-0.4, -0.2) is 75.5 Å². The third-order valence-electron chi connectivity index (χ3n) is 5.42. The van der Waals surface area contributed by atoms with Gasteiger partial charge in [-0.1, -0.05) is 25.3 Å². The summed E-state index contributed by atoms with van der Waals surface area (Å²) < 4.78 is 5.86. The summed E-state index contributed by atoms with van der Waals surface area (Å²) in [5, 5.41) is 17.7. The average Bonchev–Trinajstić information content (AvgIpc) is 3.46. The molecule has 1 aliphatic carbocycles. The normalized spacial score (nSPS) is 20.2. The van der Waals surface area contributed by atoms with Crippen molar-refractivity contribution >= 4 is 11.6 Å². The number of nitrogens with zero attached hydrogens (tertiary/aromatic N) is 1. The Balaban J connectivity index is 1.87. The molecule has 2 atom stereocenters.